The van der Waals surface area contributed by atoms with E-state index in [1.54, 1.807) is 19.5 Å². The van der Waals surface area contributed by atoms with Gasteiger partial charge in [0.2, 0.25) is 5.88 Å². The molecule has 2 rings (SSSR count). The Labute approximate surface area is 112 Å². The summed E-state index contributed by atoms with van der Waals surface area (Å²) in [5.74, 6) is 2.03. The van der Waals surface area contributed by atoms with Crippen LogP contribution in [-0.4, -0.2) is 23.6 Å². The van der Waals surface area contributed by atoms with Gasteiger partial charge in [0.25, 0.3) is 0 Å². The third-order valence-corrected chi connectivity index (χ3v) is 2.49. The maximum absolute atomic E-state index is 5.61. The highest BCUT2D eigenvalue weighted by atomic mass is 16.5. The summed E-state index contributed by atoms with van der Waals surface area (Å²) in [7, 11) is 1.64. The molecule has 0 saturated heterocycles. The zero-order valence-electron chi connectivity index (χ0n) is 11.1. The number of nitrogens with zero attached hydrogens (tertiary/aromatic N) is 2. The summed E-state index contributed by atoms with van der Waals surface area (Å²) in [5, 5.41) is 3.09. The normalized spacial score (nSPS) is 10.0. The molecular weight excluding hydrogens is 242 g/mol. The molecule has 0 amide bonds. The highest BCUT2D eigenvalue weighted by Gasteiger charge is 2.01. The van der Waals surface area contributed by atoms with Crippen molar-refractivity contribution < 1.29 is 9.47 Å². The van der Waals surface area contributed by atoms with Crippen LogP contribution in [0.5, 0.6) is 11.6 Å². The number of rotatable bonds is 6. The number of hydrogen-bond acceptors (Lipinski definition) is 5. The Morgan fingerprint density at radius 2 is 2.16 bits per heavy atom. The minimum absolute atomic E-state index is 0.432. The SMILES string of the molecule is CCNc1cncc(OCc2cccc(OC)c2)n1. The maximum atomic E-state index is 5.61. The molecule has 0 fully saturated rings. The van der Waals surface area contributed by atoms with Crippen molar-refractivity contribution in [2.45, 2.75) is 13.5 Å². The van der Waals surface area contributed by atoms with Crippen LogP contribution >= 0.6 is 0 Å². The number of nitrogens with one attached hydrogen (secondary N) is 1. The average molecular weight is 259 g/mol. The predicted octanol–water partition coefficient (Wildman–Crippen LogP) is 2.50. The number of aromatic nitrogens is 2. The summed E-state index contributed by atoms with van der Waals surface area (Å²) in [5.41, 5.74) is 1.02. The fourth-order valence-corrected chi connectivity index (χ4v) is 1.60. The topological polar surface area (TPSA) is 56.3 Å². The summed E-state index contributed by atoms with van der Waals surface area (Å²) >= 11 is 0. The van der Waals surface area contributed by atoms with Crippen molar-refractivity contribution in [1.29, 1.82) is 0 Å². The van der Waals surface area contributed by atoms with Gasteiger partial charge in [-0.2, -0.15) is 4.98 Å². The van der Waals surface area contributed by atoms with Gasteiger partial charge >= 0.3 is 0 Å². The van der Waals surface area contributed by atoms with Crippen molar-refractivity contribution in [1.82, 2.24) is 9.97 Å². The van der Waals surface area contributed by atoms with E-state index in [2.05, 4.69) is 15.3 Å². The van der Waals surface area contributed by atoms with Crippen LogP contribution in [0.15, 0.2) is 36.7 Å². The lowest BCUT2D eigenvalue weighted by Gasteiger charge is -2.08. The molecule has 0 aliphatic rings. The van der Waals surface area contributed by atoms with E-state index in [1.165, 1.54) is 0 Å². The van der Waals surface area contributed by atoms with E-state index < -0.39 is 0 Å². The van der Waals surface area contributed by atoms with Crippen molar-refractivity contribution in [2.75, 3.05) is 19.0 Å². The molecule has 1 N–H and O–H groups in total. The van der Waals surface area contributed by atoms with Gasteiger partial charge in [-0.1, -0.05) is 12.1 Å². The third kappa shape index (κ3) is 3.84. The molecule has 2 aromatic rings. The van der Waals surface area contributed by atoms with Crippen LogP contribution in [0.25, 0.3) is 0 Å². The fourth-order valence-electron chi connectivity index (χ4n) is 1.60. The van der Waals surface area contributed by atoms with Gasteiger partial charge in [0.15, 0.2) is 0 Å². The number of benzene rings is 1. The fraction of sp³-hybridized carbons (Fsp3) is 0.286. The molecule has 0 unspecified atom stereocenters. The number of hydrogen-bond donors (Lipinski definition) is 1. The first-order valence-corrected chi connectivity index (χ1v) is 6.13. The number of methoxy groups -OCH3 is 1. The Bertz CT molecular complexity index is 532. The first-order chi connectivity index (χ1) is 9.31. The van der Waals surface area contributed by atoms with Crippen LogP contribution in [-0.2, 0) is 6.61 Å². The summed E-state index contributed by atoms with van der Waals surface area (Å²) in [6.45, 7) is 3.24. The molecule has 0 atom stereocenters. The summed E-state index contributed by atoms with van der Waals surface area (Å²) in [6, 6.07) is 7.74. The van der Waals surface area contributed by atoms with Gasteiger partial charge in [0, 0.05) is 6.54 Å². The van der Waals surface area contributed by atoms with Gasteiger partial charge in [-0.3, -0.25) is 4.98 Å². The zero-order valence-corrected chi connectivity index (χ0v) is 11.1. The molecule has 0 radical (unpaired) electrons. The van der Waals surface area contributed by atoms with Crippen molar-refractivity contribution in [3.05, 3.63) is 42.2 Å². The minimum atomic E-state index is 0.432. The molecule has 5 nitrogen and oxygen atoms in total. The van der Waals surface area contributed by atoms with E-state index in [0.717, 1.165) is 17.9 Å². The van der Waals surface area contributed by atoms with E-state index in [9.17, 15) is 0 Å². The Kier molecular flexibility index (Phi) is 4.55. The van der Waals surface area contributed by atoms with Crippen molar-refractivity contribution in [2.24, 2.45) is 0 Å². The summed E-state index contributed by atoms with van der Waals surface area (Å²) in [6.07, 6.45) is 3.27. The van der Waals surface area contributed by atoms with Gasteiger partial charge in [0.05, 0.1) is 19.5 Å². The van der Waals surface area contributed by atoms with E-state index in [4.69, 9.17) is 9.47 Å². The molecule has 0 aliphatic heterocycles. The quantitative estimate of drug-likeness (QED) is 0.863. The van der Waals surface area contributed by atoms with Crippen LogP contribution < -0.4 is 14.8 Å². The Hall–Kier alpha value is -2.30. The third-order valence-electron chi connectivity index (χ3n) is 2.49. The van der Waals surface area contributed by atoms with Crippen molar-refractivity contribution in [3.8, 4) is 11.6 Å². The molecule has 19 heavy (non-hydrogen) atoms. The molecule has 1 heterocycles. The highest BCUT2D eigenvalue weighted by Crippen LogP contribution is 2.15. The largest absolute Gasteiger partial charge is 0.497 e. The van der Waals surface area contributed by atoms with Gasteiger partial charge < -0.3 is 14.8 Å². The first-order valence-electron chi connectivity index (χ1n) is 6.13. The molecule has 1 aromatic carbocycles. The Morgan fingerprint density at radius 1 is 1.26 bits per heavy atom. The second kappa shape index (κ2) is 6.58. The average Bonchev–Trinajstić information content (AvgIpc) is 2.46. The second-order valence-corrected chi connectivity index (χ2v) is 3.91. The van der Waals surface area contributed by atoms with Crippen LogP contribution in [0, 0.1) is 0 Å². The van der Waals surface area contributed by atoms with Crippen LogP contribution in [0.2, 0.25) is 0 Å². The smallest absolute Gasteiger partial charge is 0.234 e. The molecule has 0 saturated carbocycles. The maximum Gasteiger partial charge on any atom is 0.234 e. The molecule has 5 heteroatoms. The van der Waals surface area contributed by atoms with Gasteiger partial charge in [-0.15, -0.1) is 0 Å². The summed E-state index contributed by atoms with van der Waals surface area (Å²) < 4.78 is 10.8. The monoisotopic (exact) mass is 259 g/mol. The molecule has 100 valence electrons. The minimum Gasteiger partial charge on any atom is -0.497 e. The Balaban J connectivity index is 1.99. The molecule has 0 bridgehead atoms. The Morgan fingerprint density at radius 3 is 2.95 bits per heavy atom. The van der Waals surface area contributed by atoms with E-state index in [1.807, 2.05) is 31.2 Å². The van der Waals surface area contributed by atoms with E-state index in [0.29, 0.717) is 18.3 Å². The van der Waals surface area contributed by atoms with Crippen molar-refractivity contribution >= 4 is 5.82 Å². The summed E-state index contributed by atoms with van der Waals surface area (Å²) in [4.78, 5) is 8.37. The lowest BCUT2D eigenvalue weighted by Crippen LogP contribution is -2.03. The lowest BCUT2D eigenvalue weighted by atomic mass is 10.2. The molecule has 0 aliphatic carbocycles. The molecule has 1 aromatic heterocycles. The highest BCUT2D eigenvalue weighted by molar-refractivity contribution is 5.33. The van der Waals surface area contributed by atoms with Crippen LogP contribution in [0.3, 0.4) is 0 Å². The van der Waals surface area contributed by atoms with Gasteiger partial charge in [-0.05, 0) is 24.6 Å². The first kappa shape index (κ1) is 13.1. The molecule has 0 spiro atoms. The number of anilines is 1. The van der Waals surface area contributed by atoms with Gasteiger partial charge in [-0.25, -0.2) is 0 Å². The van der Waals surface area contributed by atoms with E-state index >= 15 is 0 Å². The van der Waals surface area contributed by atoms with Crippen molar-refractivity contribution in [3.63, 3.8) is 0 Å². The lowest BCUT2D eigenvalue weighted by molar-refractivity contribution is 0.292. The van der Waals surface area contributed by atoms with Crippen LogP contribution in [0.1, 0.15) is 12.5 Å². The zero-order chi connectivity index (χ0) is 13.5. The van der Waals surface area contributed by atoms with Crippen LogP contribution in [0.4, 0.5) is 5.82 Å². The standard InChI is InChI=1S/C14H17N3O2/c1-3-16-13-8-15-9-14(17-13)19-10-11-5-4-6-12(7-11)18-2/h4-9H,3,10H2,1-2H3,(H,16,17). The second-order valence-electron chi connectivity index (χ2n) is 3.91. The van der Waals surface area contributed by atoms with Gasteiger partial charge in [0.1, 0.15) is 18.2 Å². The number of ether oxygens (including phenoxy) is 2. The predicted molar refractivity (Wildman–Crippen MR) is 73.5 cm³/mol. The molecular formula is C14H17N3O2. The van der Waals surface area contributed by atoms with E-state index in [-0.39, 0.29) is 0 Å².